The van der Waals surface area contributed by atoms with Crippen molar-refractivity contribution in [2.24, 2.45) is 0 Å². The maximum absolute atomic E-state index is 13.1. The number of nitrogens with one attached hydrogen (secondary N) is 2. The normalized spacial score (nSPS) is 13.7. The molecule has 8 nitrogen and oxygen atoms in total. The summed E-state index contributed by atoms with van der Waals surface area (Å²) in [5.41, 5.74) is 4.03. The van der Waals surface area contributed by atoms with Crippen LogP contribution < -0.4 is 20.1 Å². The molecule has 2 N–H and O–H groups in total. The number of nitrogens with zero attached hydrogens (tertiary/aromatic N) is 1. The van der Waals surface area contributed by atoms with Crippen LogP contribution in [0.1, 0.15) is 36.1 Å². The Hall–Kier alpha value is -4.56. The van der Waals surface area contributed by atoms with Gasteiger partial charge in [-0.3, -0.25) is 9.59 Å². The third kappa shape index (κ3) is 7.35. The zero-order chi connectivity index (χ0) is 29.4. The summed E-state index contributed by atoms with van der Waals surface area (Å²) >= 11 is 6.00. The molecule has 4 rings (SSSR count). The molecule has 41 heavy (non-hydrogen) atoms. The lowest BCUT2D eigenvalue weighted by Gasteiger charge is -2.17. The van der Waals surface area contributed by atoms with Crippen molar-refractivity contribution in [3.63, 3.8) is 0 Å². The number of benzene rings is 3. The van der Waals surface area contributed by atoms with Gasteiger partial charge in [0.1, 0.15) is 18.8 Å². The Kier molecular flexibility index (Phi) is 9.81. The van der Waals surface area contributed by atoms with Gasteiger partial charge in [-0.2, -0.15) is 0 Å². The van der Waals surface area contributed by atoms with E-state index >= 15 is 0 Å². The molecule has 1 aliphatic heterocycles. The van der Waals surface area contributed by atoms with Crippen LogP contribution in [0.25, 0.3) is 6.08 Å². The summed E-state index contributed by atoms with van der Waals surface area (Å²) in [7, 11) is 0. The van der Waals surface area contributed by atoms with Gasteiger partial charge >= 0.3 is 6.03 Å². The van der Waals surface area contributed by atoms with Crippen LogP contribution in [0, 0.1) is 0 Å². The maximum Gasteiger partial charge on any atom is 0.329 e. The van der Waals surface area contributed by atoms with Gasteiger partial charge in [-0.25, -0.2) is 9.69 Å². The number of carbonyl (C=O) groups excluding carboxylic acids is 3. The first-order chi connectivity index (χ1) is 19.8. The Bertz CT molecular complexity index is 1480. The fourth-order valence-electron chi connectivity index (χ4n) is 4.40. The molecular formula is C32H32ClN3O5. The van der Waals surface area contributed by atoms with Crippen molar-refractivity contribution >= 4 is 41.2 Å². The van der Waals surface area contributed by atoms with Gasteiger partial charge in [0.05, 0.1) is 6.61 Å². The second-order valence-electron chi connectivity index (χ2n) is 9.29. The first-order valence-electron chi connectivity index (χ1n) is 13.3. The molecule has 1 fully saturated rings. The van der Waals surface area contributed by atoms with Crippen LogP contribution in [-0.4, -0.2) is 35.9 Å². The van der Waals surface area contributed by atoms with Crippen LogP contribution >= 0.6 is 11.6 Å². The van der Waals surface area contributed by atoms with Gasteiger partial charge in [0.15, 0.2) is 11.5 Å². The average Bonchev–Trinajstić information content (AvgIpc) is 3.21. The molecule has 0 radical (unpaired) electrons. The highest BCUT2D eigenvalue weighted by atomic mass is 35.5. The molecule has 0 aliphatic carbocycles. The van der Waals surface area contributed by atoms with Gasteiger partial charge in [0.2, 0.25) is 5.91 Å². The lowest BCUT2D eigenvalue weighted by molar-refractivity contribution is -0.127. The second-order valence-corrected chi connectivity index (χ2v) is 9.72. The summed E-state index contributed by atoms with van der Waals surface area (Å²) in [4.78, 5) is 39.3. The number of aryl methyl sites for hydroxylation is 1. The van der Waals surface area contributed by atoms with E-state index in [1.165, 1.54) is 0 Å². The molecule has 1 heterocycles. The molecule has 212 valence electrons. The number of amides is 4. The smallest absolute Gasteiger partial charge is 0.329 e. The van der Waals surface area contributed by atoms with Crippen molar-refractivity contribution < 1.29 is 23.9 Å². The van der Waals surface area contributed by atoms with E-state index in [1.54, 1.807) is 36.4 Å². The number of allylic oxidation sites excluding steroid dienone is 1. The van der Waals surface area contributed by atoms with Gasteiger partial charge in [-0.15, -0.1) is 6.58 Å². The predicted molar refractivity (Wildman–Crippen MR) is 160 cm³/mol. The van der Waals surface area contributed by atoms with E-state index in [2.05, 4.69) is 17.2 Å². The Morgan fingerprint density at radius 3 is 2.51 bits per heavy atom. The molecule has 1 aliphatic rings. The number of halogens is 1. The van der Waals surface area contributed by atoms with Gasteiger partial charge in [-0.1, -0.05) is 54.9 Å². The molecule has 0 saturated carbocycles. The number of ether oxygens (including phenoxy) is 2. The van der Waals surface area contributed by atoms with Gasteiger partial charge in [0, 0.05) is 16.3 Å². The van der Waals surface area contributed by atoms with Crippen LogP contribution in [0.15, 0.2) is 79.0 Å². The van der Waals surface area contributed by atoms with Crippen molar-refractivity contribution in [1.29, 1.82) is 0 Å². The van der Waals surface area contributed by atoms with Crippen LogP contribution in [0.3, 0.4) is 0 Å². The first-order valence-corrected chi connectivity index (χ1v) is 13.7. The van der Waals surface area contributed by atoms with E-state index in [0.717, 1.165) is 28.0 Å². The zero-order valence-electron chi connectivity index (χ0n) is 23.0. The molecule has 0 spiro atoms. The minimum Gasteiger partial charge on any atom is -0.490 e. The van der Waals surface area contributed by atoms with Crippen LogP contribution in [0.5, 0.6) is 11.5 Å². The Balaban J connectivity index is 1.54. The second kappa shape index (κ2) is 13.7. The molecule has 1 saturated heterocycles. The van der Waals surface area contributed by atoms with Gasteiger partial charge < -0.3 is 20.1 Å². The SMILES string of the molecule is C=CCc1cc(/C=C2/NC(=O)N(CC(=O)Nc3ccccc3CC)C2=O)cc(OCC)c1OCc1ccc(Cl)cc1. The lowest BCUT2D eigenvalue weighted by Crippen LogP contribution is -2.38. The van der Waals surface area contributed by atoms with E-state index in [4.69, 9.17) is 21.1 Å². The van der Waals surface area contributed by atoms with E-state index in [0.29, 0.717) is 47.4 Å². The van der Waals surface area contributed by atoms with Crippen molar-refractivity contribution in [2.75, 3.05) is 18.5 Å². The minimum atomic E-state index is -0.667. The summed E-state index contributed by atoms with van der Waals surface area (Å²) in [5, 5.41) is 6.01. The number of hydrogen-bond acceptors (Lipinski definition) is 5. The largest absolute Gasteiger partial charge is 0.490 e. The van der Waals surface area contributed by atoms with Gasteiger partial charge in [0.25, 0.3) is 5.91 Å². The maximum atomic E-state index is 13.1. The Labute approximate surface area is 244 Å². The van der Waals surface area contributed by atoms with E-state index in [1.807, 2.05) is 50.2 Å². The monoisotopic (exact) mass is 573 g/mol. The average molecular weight is 574 g/mol. The first kappa shape index (κ1) is 29.4. The summed E-state index contributed by atoms with van der Waals surface area (Å²) in [5.74, 6) is -0.00323. The van der Waals surface area contributed by atoms with E-state index in [-0.39, 0.29) is 5.70 Å². The highest BCUT2D eigenvalue weighted by Crippen LogP contribution is 2.35. The number of urea groups is 1. The molecule has 0 unspecified atom stereocenters. The Morgan fingerprint density at radius 1 is 1.05 bits per heavy atom. The summed E-state index contributed by atoms with van der Waals surface area (Å²) in [6.07, 6.45) is 4.52. The van der Waals surface area contributed by atoms with Crippen molar-refractivity contribution in [3.8, 4) is 11.5 Å². The highest BCUT2D eigenvalue weighted by molar-refractivity contribution is 6.30. The summed E-state index contributed by atoms with van der Waals surface area (Å²) in [6.45, 7) is 7.98. The topological polar surface area (TPSA) is 97.0 Å². The molecule has 0 aromatic heterocycles. The third-order valence-corrected chi connectivity index (χ3v) is 6.61. The summed E-state index contributed by atoms with van der Waals surface area (Å²) in [6, 6.07) is 17.7. The van der Waals surface area contributed by atoms with Crippen LogP contribution in [0.4, 0.5) is 10.5 Å². The van der Waals surface area contributed by atoms with E-state index < -0.39 is 24.4 Å². The third-order valence-electron chi connectivity index (χ3n) is 6.36. The molecule has 3 aromatic rings. The van der Waals surface area contributed by atoms with Gasteiger partial charge in [-0.05, 0) is 72.9 Å². The summed E-state index contributed by atoms with van der Waals surface area (Å²) < 4.78 is 12.1. The number of para-hydroxylation sites is 1. The van der Waals surface area contributed by atoms with Crippen molar-refractivity contribution in [3.05, 3.63) is 106 Å². The molecule has 4 amide bonds. The minimum absolute atomic E-state index is 0.0543. The highest BCUT2D eigenvalue weighted by Gasteiger charge is 2.35. The molecule has 3 aromatic carbocycles. The predicted octanol–water partition coefficient (Wildman–Crippen LogP) is 6.14. The number of anilines is 1. The quantitative estimate of drug-likeness (QED) is 0.154. The van der Waals surface area contributed by atoms with Crippen LogP contribution in [0.2, 0.25) is 5.02 Å². The van der Waals surface area contributed by atoms with E-state index in [9.17, 15) is 14.4 Å². The van der Waals surface area contributed by atoms with Crippen molar-refractivity contribution in [1.82, 2.24) is 10.2 Å². The Morgan fingerprint density at radius 2 is 1.80 bits per heavy atom. The van der Waals surface area contributed by atoms with Crippen LogP contribution in [-0.2, 0) is 29.0 Å². The molecular weight excluding hydrogens is 542 g/mol. The number of rotatable bonds is 12. The fourth-order valence-corrected chi connectivity index (χ4v) is 4.53. The molecule has 0 bridgehead atoms. The molecule has 9 heteroatoms. The number of carbonyl (C=O) groups is 3. The number of imide groups is 1. The molecule has 0 atom stereocenters. The number of hydrogen-bond donors (Lipinski definition) is 2. The lowest BCUT2D eigenvalue weighted by atomic mass is 10.0. The zero-order valence-corrected chi connectivity index (χ0v) is 23.8. The fraction of sp³-hybridized carbons (Fsp3) is 0.219. The standard InChI is InChI=1S/C32H32ClN3O5/c1-4-9-24-16-22(18-28(40-6-3)30(24)41-20-21-12-14-25(33)15-13-21)17-27-31(38)36(32(39)35-27)19-29(37)34-26-11-8-7-10-23(26)5-2/h4,7-8,10-18H,1,5-6,9,19-20H2,2-3H3,(H,34,37)(H,35,39)/b27-17+. The van der Waals surface area contributed by atoms with Crippen molar-refractivity contribution in [2.45, 2.75) is 33.3 Å².